The van der Waals surface area contributed by atoms with E-state index in [2.05, 4.69) is 25.6 Å². The van der Waals surface area contributed by atoms with Crippen LogP contribution in [0.5, 0.6) is 5.75 Å². The van der Waals surface area contributed by atoms with Crippen molar-refractivity contribution in [3.8, 4) is 16.9 Å². The summed E-state index contributed by atoms with van der Waals surface area (Å²) in [5.74, 6) is -1.46. The number of aliphatic hydroxyl groups is 1. The van der Waals surface area contributed by atoms with Gasteiger partial charge in [-0.05, 0) is 43.7 Å². The zero-order chi connectivity index (χ0) is 27.1. The normalized spacial score (nSPS) is 17.6. The number of pyridine rings is 2. The predicted molar refractivity (Wildman–Crippen MR) is 140 cm³/mol. The number of aromatic nitrogens is 5. The SMILES string of the molecule is CCOc1cc(-c2ccc(N3CC[C@H](NC(=O)c4c(F)cccc4F)[C@@H](O)C3)nc2)c2c3cn[nH]c3nn2c1. The van der Waals surface area contributed by atoms with Gasteiger partial charge in [0.05, 0.1) is 42.0 Å². The molecule has 5 aromatic rings. The number of carbonyl (C=O) groups excluding carboxylic acids is 1. The lowest BCUT2D eigenvalue weighted by Gasteiger charge is -2.37. The minimum atomic E-state index is -0.956. The summed E-state index contributed by atoms with van der Waals surface area (Å²) < 4.78 is 35.5. The van der Waals surface area contributed by atoms with E-state index < -0.39 is 35.3 Å². The molecule has 1 aliphatic rings. The Labute approximate surface area is 221 Å². The molecule has 1 amide bonds. The van der Waals surface area contributed by atoms with Gasteiger partial charge in [-0.15, -0.1) is 5.10 Å². The Bertz CT molecular complexity index is 1650. The van der Waals surface area contributed by atoms with E-state index in [4.69, 9.17) is 4.74 Å². The van der Waals surface area contributed by atoms with Gasteiger partial charge in [0, 0.05) is 30.4 Å². The Hall–Kier alpha value is -4.58. The van der Waals surface area contributed by atoms with Gasteiger partial charge in [-0.25, -0.2) is 18.3 Å². The van der Waals surface area contributed by atoms with Crippen molar-refractivity contribution in [2.24, 2.45) is 0 Å². The highest BCUT2D eigenvalue weighted by Gasteiger charge is 2.31. The summed E-state index contributed by atoms with van der Waals surface area (Å²) in [5.41, 5.74) is 2.61. The first-order valence-corrected chi connectivity index (χ1v) is 12.6. The van der Waals surface area contributed by atoms with Crippen molar-refractivity contribution in [1.82, 2.24) is 30.1 Å². The summed E-state index contributed by atoms with van der Waals surface area (Å²) in [6.45, 7) is 3.10. The summed E-state index contributed by atoms with van der Waals surface area (Å²) in [5, 5.41) is 25.7. The number of H-pyrrole nitrogens is 1. The molecule has 10 nitrogen and oxygen atoms in total. The second kappa shape index (κ2) is 9.95. The highest BCUT2D eigenvalue weighted by Crippen LogP contribution is 2.33. The van der Waals surface area contributed by atoms with Gasteiger partial charge in [0.2, 0.25) is 0 Å². The Morgan fingerprint density at radius 1 is 1.23 bits per heavy atom. The molecule has 1 aromatic carbocycles. The molecule has 1 saturated heterocycles. The van der Waals surface area contributed by atoms with Crippen molar-refractivity contribution in [2.45, 2.75) is 25.5 Å². The third kappa shape index (κ3) is 4.52. The highest BCUT2D eigenvalue weighted by molar-refractivity contribution is 6.01. The van der Waals surface area contributed by atoms with Crippen LogP contribution in [-0.4, -0.2) is 67.7 Å². The highest BCUT2D eigenvalue weighted by atomic mass is 19.1. The average Bonchev–Trinajstić information content (AvgIpc) is 3.51. The number of halogens is 2. The molecular weight excluding hydrogens is 508 g/mol. The van der Waals surface area contributed by atoms with Crippen LogP contribution in [0.1, 0.15) is 23.7 Å². The van der Waals surface area contributed by atoms with Gasteiger partial charge in [-0.3, -0.25) is 9.89 Å². The fraction of sp³-hybridized carbons (Fsp3) is 0.259. The van der Waals surface area contributed by atoms with Crippen molar-refractivity contribution < 1.29 is 23.4 Å². The van der Waals surface area contributed by atoms with Gasteiger partial charge in [0.25, 0.3) is 5.91 Å². The summed E-state index contributed by atoms with van der Waals surface area (Å²) in [7, 11) is 0. The maximum absolute atomic E-state index is 14.0. The van der Waals surface area contributed by atoms with Crippen LogP contribution in [0.4, 0.5) is 14.6 Å². The van der Waals surface area contributed by atoms with E-state index in [1.165, 1.54) is 6.07 Å². The molecule has 3 N–H and O–H groups in total. The van der Waals surface area contributed by atoms with Crippen molar-refractivity contribution in [1.29, 1.82) is 0 Å². The molecule has 1 fully saturated rings. The first-order valence-electron chi connectivity index (χ1n) is 12.6. The third-order valence-corrected chi connectivity index (χ3v) is 6.88. The predicted octanol–water partition coefficient (Wildman–Crippen LogP) is 3.32. The molecule has 200 valence electrons. The number of anilines is 1. The maximum Gasteiger partial charge on any atom is 0.257 e. The number of rotatable bonds is 6. The largest absolute Gasteiger partial charge is 0.492 e. The van der Waals surface area contributed by atoms with Crippen molar-refractivity contribution in [3.63, 3.8) is 0 Å². The fourth-order valence-electron chi connectivity index (χ4n) is 5.00. The topological polar surface area (TPSA) is 121 Å². The lowest BCUT2D eigenvalue weighted by atomic mass is 10.0. The number of nitrogens with zero attached hydrogens (tertiary/aromatic N) is 5. The third-order valence-electron chi connectivity index (χ3n) is 6.88. The standard InChI is InChI=1S/C27H25F2N7O3/c1-2-39-16-10-17(25-18-12-31-33-26(18)34-36(25)13-16)15-6-7-23(30-11-15)35-9-8-21(22(37)14-35)32-27(38)24-19(28)4-3-5-20(24)29/h3-7,10-13,21-22,37H,2,8-9,14H2,1H3,(H,32,38)(H,33,34)/t21-,22-/m0/s1. The molecule has 0 radical (unpaired) electrons. The van der Waals surface area contributed by atoms with Crippen molar-refractivity contribution in [2.75, 3.05) is 24.6 Å². The number of aromatic amines is 1. The summed E-state index contributed by atoms with van der Waals surface area (Å²) >= 11 is 0. The second-order valence-corrected chi connectivity index (χ2v) is 9.33. The molecule has 6 rings (SSSR count). The van der Waals surface area contributed by atoms with Crippen LogP contribution in [0, 0.1) is 11.6 Å². The number of ether oxygens (including phenoxy) is 1. The summed E-state index contributed by atoms with van der Waals surface area (Å²) in [6.07, 6.45) is 4.72. The van der Waals surface area contributed by atoms with Gasteiger partial charge in [-0.1, -0.05) is 6.07 Å². The Balaban J connectivity index is 1.20. The minimum Gasteiger partial charge on any atom is -0.492 e. The van der Waals surface area contributed by atoms with E-state index in [1.54, 1.807) is 16.9 Å². The van der Waals surface area contributed by atoms with Crippen LogP contribution in [-0.2, 0) is 0 Å². The lowest BCUT2D eigenvalue weighted by molar-refractivity contribution is 0.0790. The zero-order valence-electron chi connectivity index (χ0n) is 20.9. The van der Waals surface area contributed by atoms with E-state index in [0.717, 1.165) is 34.2 Å². The number of benzene rings is 1. The molecule has 0 saturated carbocycles. The Morgan fingerprint density at radius 2 is 2.05 bits per heavy atom. The number of aliphatic hydroxyl groups excluding tert-OH is 1. The van der Waals surface area contributed by atoms with Gasteiger partial charge >= 0.3 is 0 Å². The Morgan fingerprint density at radius 3 is 2.77 bits per heavy atom. The number of hydrogen-bond donors (Lipinski definition) is 3. The van der Waals surface area contributed by atoms with Crippen LogP contribution in [0.3, 0.4) is 0 Å². The minimum absolute atomic E-state index is 0.194. The first-order chi connectivity index (χ1) is 18.9. The number of β-amino-alcohol motifs (C(OH)–C–C–N with tert-alkyl or cyclic N) is 1. The fourth-order valence-corrected chi connectivity index (χ4v) is 5.00. The van der Waals surface area contributed by atoms with Crippen LogP contribution in [0.2, 0.25) is 0 Å². The quantitative estimate of drug-likeness (QED) is 0.306. The van der Waals surface area contributed by atoms with Gasteiger partial charge < -0.3 is 20.1 Å². The zero-order valence-corrected chi connectivity index (χ0v) is 20.9. The Kier molecular flexibility index (Phi) is 6.31. The monoisotopic (exact) mass is 533 g/mol. The molecule has 0 spiro atoms. The van der Waals surface area contributed by atoms with Crippen LogP contribution in [0.25, 0.3) is 27.7 Å². The maximum atomic E-state index is 14.0. The first kappa shape index (κ1) is 24.7. The van der Waals surface area contributed by atoms with E-state index in [1.807, 2.05) is 36.2 Å². The molecule has 1 aliphatic heterocycles. The number of amides is 1. The van der Waals surface area contributed by atoms with Crippen LogP contribution in [0.15, 0.2) is 55.0 Å². The van der Waals surface area contributed by atoms with Crippen molar-refractivity contribution in [3.05, 3.63) is 72.2 Å². The van der Waals surface area contributed by atoms with E-state index >= 15 is 0 Å². The van der Waals surface area contributed by atoms with Gasteiger partial charge in [0.1, 0.15) is 28.8 Å². The van der Waals surface area contributed by atoms with Crippen LogP contribution < -0.4 is 15.0 Å². The summed E-state index contributed by atoms with van der Waals surface area (Å²) in [6, 6.07) is 8.33. The number of piperidine rings is 1. The lowest BCUT2D eigenvalue weighted by Crippen LogP contribution is -2.54. The molecule has 5 heterocycles. The molecule has 4 aromatic heterocycles. The van der Waals surface area contributed by atoms with Crippen molar-refractivity contribution >= 4 is 28.3 Å². The number of fused-ring (bicyclic) bond motifs is 3. The number of hydrogen-bond acceptors (Lipinski definition) is 7. The van der Waals surface area contributed by atoms with Gasteiger partial charge in [-0.2, -0.15) is 5.10 Å². The van der Waals surface area contributed by atoms with E-state index in [9.17, 15) is 18.7 Å². The molecule has 2 atom stereocenters. The molecule has 12 heteroatoms. The summed E-state index contributed by atoms with van der Waals surface area (Å²) in [4.78, 5) is 19.0. The number of nitrogens with one attached hydrogen (secondary N) is 2. The molecule has 39 heavy (non-hydrogen) atoms. The molecule has 0 bridgehead atoms. The van der Waals surface area contributed by atoms with Gasteiger partial charge in [0.15, 0.2) is 5.65 Å². The second-order valence-electron chi connectivity index (χ2n) is 9.33. The molecule has 0 unspecified atom stereocenters. The number of carbonyl (C=O) groups is 1. The van der Waals surface area contributed by atoms with E-state index in [-0.39, 0.29) is 6.54 Å². The van der Waals surface area contributed by atoms with Crippen LogP contribution >= 0.6 is 0 Å². The average molecular weight is 534 g/mol. The van der Waals surface area contributed by atoms with E-state index in [0.29, 0.717) is 36.8 Å². The molecular formula is C27H25F2N7O3. The molecule has 0 aliphatic carbocycles. The smallest absolute Gasteiger partial charge is 0.257 e.